The monoisotopic (exact) mass is 650 g/mol. The quantitative estimate of drug-likeness (QED) is 0.186. The maximum Gasteiger partial charge on any atom is 0.143 e. The molecule has 3 aromatic heterocycles. The van der Waals surface area contributed by atoms with Gasteiger partial charge in [0.25, 0.3) is 0 Å². The highest BCUT2D eigenvalue weighted by Gasteiger charge is 2.19. The fourth-order valence-electron chi connectivity index (χ4n) is 8.32. The van der Waals surface area contributed by atoms with Crippen LogP contribution in [0, 0.1) is 0 Å². The van der Waals surface area contributed by atoms with Crippen molar-refractivity contribution in [2.24, 2.45) is 0 Å². The molecule has 0 N–H and O–H groups in total. The smallest absolute Gasteiger partial charge is 0.143 e. The van der Waals surface area contributed by atoms with Gasteiger partial charge in [0.2, 0.25) is 0 Å². The maximum absolute atomic E-state index is 6.46. The molecule has 0 aliphatic heterocycles. The third kappa shape index (κ3) is 4.12. The number of fused-ring (bicyclic) bond motifs is 9. The minimum atomic E-state index is 0.910. The zero-order valence-electron chi connectivity index (χ0n) is 27.6. The Hall–Kier alpha value is -6.84. The number of furan rings is 1. The number of hydrogen-bond donors (Lipinski definition) is 0. The molecule has 0 radical (unpaired) electrons. The van der Waals surface area contributed by atoms with Crippen molar-refractivity contribution < 1.29 is 4.42 Å². The number of rotatable bonds is 4. The molecule has 0 fully saturated rings. The maximum atomic E-state index is 6.46. The minimum Gasteiger partial charge on any atom is -0.455 e. The normalized spacial score (nSPS) is 11.9. The first-order valence-electron chi connectivity index (χ1n) is 17.4. The molecule has 0 aliphatic carbocycles. The van der Waals surface area contributed by atoms with E-state index in [1.54, 1.807) is 0 Å². The lowest BCUT2D eigenvalue weighted by atomic mass is 9.98. The predicted octanol–water partition coefficient (Wildman–Crippen LogP) is 13.1. The molecule has 0 aliphatic rings. The summed E-state index contributed by atoms with van der Waals surface area (Å²) in [5, 5.41) is 7.26. The van der Waals surface area contributed by atoms with E-state index in [0.717, 1.165) is 44.4 Å². The summed E-state index contributed by atoms with van der Waals surface area (Å²) in [5.74, 6) is 0. The Morgan fingerprint density at radius 2 is 0.922 bits per heavy atom. The van der Waals surface area contributed by atoms with Gasteiger partial charge in [-0.25, -0.2) is 0 Å². The SMILES string of the molecule is c1ccc(-n2c3ccccc3c3c(-c4ccc5c6ccccc6n(-c6cccc(-c7cccc8c7oc7ccccc78)c6)c5c4)cccc32)cc1. The lowest BCUT2D eigenvalue weighted by molar-refractivity contribution is 0.670. The molecule has 3 heterocycles. The van der Waals surface area contributed by atoms with E-state index < -0.39 is 0 Å². The molecule has 8 aromatic carbocycles. The molecular formula is C48H30N2O. The van der Waals surface area contributed by atoms with Gasteiger partial charge in [0, 0.05) is 49.3 Å². The standard InChI is InChI=1S/C48H30N2O/c1-2-14-33(15-3-1)49-43-24-8-5-19-41(43)47-35(20-12-25-44(47)49)32-27-28-38-37-17-4-7-23-42(37)50(45(38)30-32)34-16-10-13-31(29-34)36-21-11-22-40-39-18-6-9-26-46(39)51-48(36)40/h1-30H. The van der Waals surface area contributed by atoms with Crippen LogP contribution in [0.2, 0.25) is 0 Å². The Labute approximate surface area is 293 Å². The molecule has 0 saturated carbocycles. The summed E-state index contributed by atoms with van der Waals surface area (Å²) in [4.78, 5) is 0. The van der Waals surface area contributed by atoms with Crippen molar-refractivity contribution in [1.82, 2.24) is 9.13 Å². The second-order valence-electron chi connectivity index (χ2n) is 13.3. The van der Waals surface area contributed by atoms with Crippen LogP contribution in [0.25, 0.3) is 99.2 Å². The predicted molar refractivity (Wildman–Crippen MR) is 213 cm³/mol. The zero-order chi connectivity index (χ0) is 33.5. The van der Waals surface area contributed by atoms with Crippen molar-refractivity contribution in [3.63, 3.8) is 0 Å². The summed E-state index contributed by atoms with van der Waals surface area (Å²) >= 11 is 0. The summed E-state index contributed by atoms with van der Waals surface area (Å²) in [7, 11) is 0. The van der Waals surface area contributed by atoms with Gasteiger partial charge < -0.3 is 13.6 Å². The van der Waals surface area contributed by atoms with Gasteiger partial charge in [-0.05, 0) is 71.3 Å². The fraction of sp³-hybridized carbons (Fsp3) is 0. The van der Waals surface area contributed by atoms with Crippen LogP contribution in [0.3, 0.4) is 0 Å². The molecule has 11 aromatic rings. The van der Waals surface area contributed by atoms with E-state index in [1.807, 2.05) is 12.1 Å². The molecule has 238 valence electrons. The second-order valence-corrected chi connectivity index (χ2v) is 13.3. The molecule has 0 unspecified atom stereocenters. The molecule has 51 heavy (non-hydrogen) atoms. The Balaban J connectivity index is 1.14. The highest BCUT2D eigenvalue weighted by molar-refractivity contribution is 6.17. The van der Waals surface area contributed by atoms with Gasteiger partial charge in [-0.2, -0.15) is 0 Å². The van der Waals surface area contributed by atoms with E-state index in [0.29, 0.717) is 0 Å². The van der Waals surface area contributed by atoms with Gasteiger partial charge in [-0.3, -0.25) is 0 Å². The van der Waals surface area contributed by atoms with Gasteiger partial charge >= 0.3 is 0 Å². The number of hydrogen-bond acceptors (Lipinski definition) is 1. The van der Waals surface area contributed by atoms with Crippen LogP contribution in [0.15, 0.2) is 186 Å². The van der Waals surface area contributed by atoms with Crippen molar-refractivity contribution in [3.8, 4) is 33.6 Å². The Kier molecular flexibility index (Phi) is 5.96. The Morgan fingerprint density at radius 1 is 0.333 bits per heavy atom. The highest BCUT2D eigenvalue weighted by atomic mass is 16.3. The van der Waals surface area contributed by atoms with E-state index in [-0.39, 0.29) is 0 Å². The van der Waals surface area contributed by atoms with Crippen LogP contribution in [0.5, 0.6) is 0 Å². The lowest BCUT2D eigenvalue weighted by Crippen LogP contribution is -1.95. The third-order valence-corrected chi connectivity index (χ3v) is 10.5. The molecule has 0 saturated heterocycles. The third-order valence-electron chi connectivity index (χ3n) is 10.5. The first kappa shape index (κ1) is 28.0. The molecule has 3 heteroatoms. The molecule has 11 rings (SSSR count). The summed E-state index contributed by atoms with van der Waals surface area (Å²) in [6, 6.07) is 65.5. The molecule has 0 bridgehead atoms. The largest absolute Gasteiger partial charge is 0.455 e. The number of nitrogens with zero attached hydrogens (tertiary/aromatic N) is 2. The van der Waals surface area contributed by atoms with Crippen LogP contribution in [-0.4, -0.2) is 9.13 Å². The van der Waals surface area contributed by atoms with Crippen molar-refractivity contribution in [3.05, 3.63) is 182 Å². The summed E-state index contributed by atoms with van der Waals surface area (Å²) in [5.41, 5.74) is 13.5. The topological polar surface area (TPSA) is 23.0 Å². The zero-order valence-corrected chi connectivity index (χ0v) is 27.6. The van der Waals surface area contributed by atoms with E-state index in [4.69, 9.17) is 4.42 Å². The Bertz CT molecular complexity index is 3140. The average molecular weight is 651 g/mol. The van der Waals surface area contributed by atoms with Crippen LogP contribution >= 0.6 is 0 Å². The lowest BCUT2D eigenvalue weighted by Gasteiger charge is -2.12. The van der Waals surface area contributed by atoms with Crippen molar-refractivity contribution in [2.45, 2.75) is 0 Å². The fourth-order valence-corrected chi connectivity index (χ4v) is 8.32. The van der Waals surface area contributed by atoms with Crippen molar-refractivity contribution >= 4 is 65.6 Å². The van der Waals surface area contributed by atoms with Crippen LogP contribution < -0.4 is 0 Å². The van der Waals surface area contributed by atoms with E-state index >= 15 is 0 Å². The summed E-state index contributed by atoms with van der Waals surface area (Å²) < 4.78 is 11.3. The van der Waals surface area contributed by atoms with Gasteiger partial charge in [0.05, 0.1) is 22.1 Å². The van der Waals surface area contributed by atoms with Crippen LogP contribution in [0.1, 0.15) is 0 Å². The molecule has 0 atom stereocenters. The molecule has 0 amide bonds. The van der Waals surface area contributed by atoms with Crippen molar-refractivity contribution in [2.75, 3.05) is 0 Å². The van der Waals surface area contributed by atoms with Gasteiger partial charge in [0.15, 0.2) is 0 Å². The number of para-hydroxylation sites is 5. The number of aromatic nitrogens is 2. The van der Waals surface area contributed by atoms with Crippen LogP contribution in [0.4, 0.5) is 0 Å². The first-order chi connectivity index (χ1) is 25.3. The van der Waals surface area contributed by atoms with Gasteiger partial charge in [0.1, 0.15) is 11.2 Å². The van der Waals surface area contributed by atoms with Gasteiger partial charge in [-0.1, -0.05) is 127 Å². The first-order valence-corrected chi connectivity index (χ1v) is 17.4. The number of benzene rings is 8. The van der Waals surface area contributed by atoms with E-state index in [1.165, 1.54) is 54.7 Å². The highest BCUT2D eigenvalue weighted by Crippen LogP contribution is 2.42. The average Bonchev–Trinajstić information content (AvgIpc) is 3.86. The molecule has 3 nitrogen and oxygen atoms in total. The molecule has 0 spiro atoms. The second kappa shape index (κ2) is 10.8. The van der Waals surface area contributed by atoms with Gasteiger partial charge in [-0.15, -0.1) is 0 Å². The molecular weight excluding hydrogens is 621 g/mol. The van der Waals surface area contributed by atoms with Crippen LogP contribution in [-0.2, 0) is 0 Å². The summed E-state index contributed by atoms with van der Waals surface area (Å²) in [6.07, 6.45) is 0. The minimum absolute atomic E-state index is 0.910. The van der Waals surface area contributed by atoms with E-state index in [9.17, 15) is 0 Å². The summed E-state index contributed by atoms with van der Waals surface area (Å²) in [6.45, 7) is 0. The van der Waals surface area contributed by atoms with E-state index in [2.05, 4.69) is 179 Å². The Morgan fingerprint density at radius 3 is 1.80 bits per heavy atom. The van der Waals surface area contributed by atoms with Crippen molar-refractivity contribution in [1.29, 1.82) is 0 Å².